The minimum atomic E-state index is -0.566. The third-order valence-electron chi connectivity index (χ3n) is 5.62. The van der Waals surface area contributed by atoms with Gasteiger partial charge in [0.05, 0.1) is 13.2 Å². The molecule has 0 heterocycles. The molecule has 1 fully saturated rings. The van der Waals surface area contributed by atoms with Crippen LogP contribution in [0, 0.1) is 5.92 Å². The van der Waals surface area contributed by atoms with Crippen molar-refractivity contribution in [1.82, 2.24) is 5.32 Å². The molecule has 5 heteroatoms. The molecule has 1 rings (SSSR count). The van der Waals surface area contributed by atoms with Gasteiger partial charge in [-0.1, -0.05) is 84.5 Å². The van der Waals surface area contributed by atoms with Gasteiger partial charge in [-0.05, 0) is 31.6 Å². The van der Waals surface area contributed by atoms with E-state index in [0.717, 1.165) is 64.2 Å². The fourth-order valence-electron chi connectivity index (χ4n) is 3.84. The van der Waals surface area contributed by atoms with Crippen molar-refractivity contribution in [3.63, 3.8) is 0 Å². The van der Waals surface area contributed by atoms with Gasteiger partial charge >= 0.3 is 12.1 Å². The molecule has 1 saturated carbocycles. The summed E-state index contributed by atoms with van der Waals surface area (Å²) < 4.78 is 10.8. The van der Waals surface area contributed by atoms with Crippen LogP contribution in [0.4, 0.5) is 4.79 Å². The van der Waals surface area contributed by atoms with Crippen LogP contribution in [0.25, 0.3) is 0 Å². The van der Waals surface area contributed by atoms with Gasteiger partial charge < -0.3 is 14.8 Å². The molecule has 1 N–H and O–H groups in total. The topological polar surface area (TPSA) is 64.6 Å². The average molecular weight is 398 g/mol. The fourth-order valence-corrected chi connectivity index (χ4v) is 3.84. The van der Waals surface area contributed by atoms with E-state index in [-0.39, 0.29) is 11.9 Å². The van der Waals surface area contributed by atoms with Gasteiger partial charge in [-0.25, -0.2) is 9.59 Å². The Labute approximate surface area is 172 Å². The van der Waals surface area contributed by atoms with Crippen molar-refractivity contribution < 1.29 is 19.1 Å². The van der Waals surface area contributed by atoms with E-state index in [1.165, 1.54) is 32.1 Å². The van der Waals surface area contributed by atoms with Crippen LogP contribution >= 0.6 is 0 Å². The Morgan fingerprint density at radius 1 is 0.786 bits per heavy atom. The van der Waals surface area contributed by atoms with E-state index in [4.69, 9.17) is 9.47 Å². The predicted octanol–water partition coefficient (Wildman–Crippen LogP) is 6.15. The Bertz CT molecular complexity index is 407. The van der Waals surface area contributed by atoms with Gasteiger partial charge in [0.15, 0.2) is 0 Å². The van der Waals surface area contributed by atoms with Crippen molar-refractivity contribution in [1.29, 1.82) is 0 Å². The molecule has 0 aromatic rings. The normalized spacial score (nSPS) is 15.8. The molecule has 164 valence electrons. The highest BCUT2D eigenvalue weighted by Crippen LogP contribution is 2.27. The van der Waals surface area contributed by atoms with Crippen LogP contribution in [-0.4, -0.2) is 31.3 Å². The lowest BCUT2D eigenvalue weighted by Gasteiger charge is -2.29. The van der Waals surface area contributed by atoms with E-state index in [2.05, 4.69) is 19.2 Å². The quantitative estimate of drug-likeness (QED) is 0.266. The number of rotatable bonds is 15. The SMILES string of the molecule is CCCCCCCCOC(=O)NC(C(=O)OCCCCCC)C1CCCCC1. The largest absolute Gasteiger partial charge is 0.464 e. The molecule has 5 nitrogen and oxygen atoms in total. The highest BCUT2D eigenvalue weighted by Gasteiger charge is 2.32. The maximum atomic E-state index is 12.6. The Hall–Kier alpha value is -1.26. The molecule has 1 atom stereocenters. The van der Waals surface area contributed by atoms with E-state index >= 15 is 0 Å². The van der Waals surface area contributed by atoms with Crippen molar-refractivity contribution in [2.75, 3.05) is 13.2 Å². The van der Waals surface area contributed by atoms with Crippen LogP contribution in [0.15, 0.2) is 0 Å². The molecule has 0 bridgehead atoms. The zero-order valence-electron chi connectivity index (χ0n) is 18.3. The first kappa shape index (κ1) is 24.8. The van der Waals surface area contributed by atoms with Crippen molar-refractivity contribution in [3.05, 3.63) is 0 Å². The summed E-state index contributed by atoms with van der Waals surface area (Å²) in [7, 11) is 0. The Balaban J connectivity index is 2.35. The van der Waals surface area contributed by atoms with Gasteiger partial charge in [0.2, 0.25) is 0 Å². The van der Waals surface area contributed by atoms with Crippen LogP contribution in [0.5, 0.6) is 0 Å². The van der Waals surface area contributed by atoms with Gasteiger partial charge in [-0.15, -0.1) is 0 Å². The standard InChI is InChI=1S/C23H43NO4/c1-3-5-7-9-10-15-19-28-23(26)24-21(20-16-12-11-13-17-20)22(25)27-18-14-8-6-4-2/h20-21H,3-19H2,1-2H3,(H,24,26). The van der Waals surface area contributed by atoms with Gasteiger partial charge in [-0.2, -0.15) is 0 Å². The number of ether oxygens (including phenoxy) is 2. The molecule has 0 aromatic heterocycles. The van der Waals surface area contributed by atoms with Gasteiger partial charge in [0.25, 0.3) is 0 Å². The summed E-state index contributed by atoms with van der Waals surface area (Å²) in [5, 5.41) is 2.81. The number of hydrogen-bond acceptors (Lipinski definition) is 4. The number of carbonyl (C=O) groups is 2. The first-order valence-electron chi connectivity index (χ1n) is 11.8. The summed E-state index contributed by atoms with van der Waals surface area (Å²) in [6.45, 7) is 5.22. The molecule has 0 aliphatic heterocycles. The second-order valence-electron chi connectivity index (χ2n) is 8.15. The summed E-state index contributed by atoms with van der Waals surface area (Å²) >= 11 is 0. The number of esters is 1. The second kappa shape index (κ2) is 16.7. The average Bonchev–Trinajstić information content (AvgIpc) is 2.71. The first-order chi connectivity index (χ1) is 13.7. The smallest absolute Gasteiger partial charge is 0.407 e. The molecule has 28 heavy (non-hydrogen) atoms. The minimum absolute atomic E-state index is 0.165. The molecule has 1 aliphatic rings. The molecule has 1 unspecified atom stereocenters. The molecule has 0 aromatic carbocycles. The maximum Gasteiger partial charge on any atom is 0.407 e. The molecular formula is C23H43NO4. The molecular weight excluding hydrogens is 354 g/mol. The summed E-state index contributed by atoms with van der Waals surface area (Å²) in [6.07, 6.45) is 16.1. The zero-order valence-corrected chi connectivity index (χ0v) is 18.3. The summed E-state index contributed by atoms with van der Waals surface area (Å²) in [5.41, 5.74) is 0. The molecule has 0 saturated heterocycles. The van der Waals surface area contributed by atoms with Gasteiger partial charge in [-0.3, -0.25) is 0 Å². The Morgan fingerprint density at radius 2 is 1.32 bits per heavy atom. The van der Waals surface area contributed by atoms with Crippen molar-refractivity contribution in [3.8, 4) is 0 Å². The van der Waals surface area contributed by atoms with Crippen LogP contribution < -0.4 is 5.32 Å². The lowest BCUT2D eigenvalue weighted by atomic mass is 9.84. The van der Waals surface area contributed by atoms with E-state index in [9.17, 15) is 9.59 Å². The lowest BCUT2D eigenvalue weighted by molar-refractivity contribution is -0.148. The monoisotopic (exact) mass is 397 g/mol. The van der Waals surface area contributed by atoms with Crippen molar-refractivity contribution >= 4 is 12.1 Å². The van der Waals surface area contributed by atoms with Gasteiger partial charge in [0.1, 0.15) is 6.04 Å². The van der Waals surface area contributed by atoms with Crippen LogP contribution in [0.3, 0.4) is 0 Å². The number of hydrogen-bond donors (Lipinski definition) is 1. The van der Waals surface area contributed by atoms with Crippen molar-refractivity contribution in [2.24, 2.45) is 5.92 Å². The van der Waals surface area contributed by atoms with Crippen LogP contribution in [-0.2, 0) is 14.3 Å². The highest BCUT2D eigenvalue weighted by molar-refractivity contribution is 5.81. The molecule has 1 aliphatic carbocycles. The number of unbranched alkanes of at least 4 members (excludes halogenated alkanes) is 8. The highest BCUT2D eigenvalue weighted by atomic mass is 16.6. The number of alkyl carbamates (subject to hydrolysis) is 1. The molecule has 1 amide bonds. The molecule has 0 spiro atoms. The number of amides is 1. The maximum absolute atomic E-state index is 12.6. The summed E-state index contributed by atoms with van der Waals surface area (Å²) in [4.78, 5) is 24.8. The minimum Gasteiger partial charge on any atom is -0.464 e. The van der Waals surface area contributed by atoms with E-state index in [1.807, 2.05) is 0 Å². The van der Waals surface area contributed by atoms with E-state index in [1.54, 1.807) is 0 Å². The first-order valence-corrected chi connectivity index (χ1v) is 11.8. The Morgan fingerprint density at radius 3 is 1.96 bits per heavy atom. The summed E-state index contributed by atoms with van der Waals surface area (Å²) in [5.74, 6) is -0.126. The summed E-state index contributed by atoms with van der Waals surface area (Å²) in [6, 6.07) is -0.566. The number of carbonyl (C=O) groups excluding carboxylic acids is 2. The molecule has 0 radical (unpaired) electrons. The zero-order chi connectivity index (χ0) is 20.5. The number of nitrogens with one attached hydrogen (secondary N) is 1. The van der Waals surface area contributed by atoms with E-state index in [0.29, 0.717) is 13.2 Å². The Kier molecular flexibility index (Phi) is 14.8. The van der Waals surface area contributed by atoms with Gasteiger partial charge in [0, 0.05) is 0 Å². The van der Waals surface area contributed by atoms with Crippen LogP contribution in [0.2, 0.25) is 0 Å². The van der Waals surface area contributed by atoms with E-state index < -0.39 is 12.1 Å². The second-order valence-corrected chi connectivity index (χ2v) is 8.15. The third-order valence-corrected chi connectivity index (χ3v) is 5.62. The lowest BCUT2D eigenvalue weighted by Crippen LogP contribution is -2.47. The fraction of sp³-hybridized carbons (Fsp3) is 0.913. The van der Waals surface area contributed by atoms with Crippen molar-refractivity contribution in [2.45, 2.75) is 116 Å². The predicted molar refractivity (Wildman–Crippen MR) is 113 cm³/mol. The van der Waals surface area contributed by atoms with Crippen LogP contribution in [0.1, 0.15) is 110 Å². The third kappa shape index (κ3) is 11.6.